The molecule has 240 valence electrons. The largest absolute Gasteiger partial charge is 0.333 e. The quantitative estimate of drug-likeness (QED) is 0.187. The highest BCUT2D eigenvalue weighted by molar-refractivity contribution is 7.17. The van der Waals surface area contributed by atoms with Gasteiger partial charge in [-0.15, -0.1) is 11.3 Å². The van der Waals surface area contributed by atoms with Crippen molar-refractivity contribution in [2.24, 2.45) is 0 Å². The number of anilines is 2. The van der Waals surface area contributed by atoms with Crippen LogP contribution in [0.15, 0.2) is 169 Å². The van der Waals surface area contributed by atoms with Crippen molar-refractivity contribution in [2.75, 3.05) is 4.90 Å². The molecule has 2 aliphatic rings. The maximum absolute atomic E-state index is 5.32. The van der Waals surface area contributed by atoms with Gasteiger partial charge in [0.2, 0.25) is 5.95 Å². The van der Waals surface area contributed by atoms with Gasteiger partial charge >= 0.3 is 0 Å². The first-order valence-corrected chi connectivity index (χ1v) is 18.3. The van der Waals surface area contributed by atoms with E-state index < -0.39 is 0 Å². The number of thiophene rings is 1. The smallest absolute Gasteiger partial charge is 0.235 e. The summed E-state index contributed by atoms with van der Waals surface area (Å²) in [5.41, 5.74) is 11.5. The van der Waals surface area contributed by atoms with Crippen LogP contribution in [-0.2, 0) is 0 Å². The van der Waals surface area contributed by atoms with E-state index in [-0.39, 0.29) is 12.0 Å². The summed E-state index contributed by atoms with van der Waals surface area (Å²) in [5, 5.41) is 6.90. The number of aromatic nitrogens is 3. The van der Waals surface area contributed by atoms with Crippen LogP contribution < -0.4 is 4.90 Å². The van der Waals surface area contributed by atoms with Crippen molar-refractivity contribution in [3.8, 4) is 28.3 Å². The summed E-state index contributed by atoms with van der Waals surface area (Å²) >= 11 is 1.69. The summed E-state index contributed by atoms with van der Waals surface area (Å²) in [7, 11) is 0. The standard InChI is InChI=1S/C46H30N4S/c1-3-12-29(13-4-1)44-45-38(24-25-51-45)47-46(48-44)50-40-23-22-32(27-36(40)37-26-30-14-7-8-15-31(30)28-42(37)50)34-19-11-21-41-43(34)35-18-9-10-20-39(35)49(41)33-16-5-2-6-17-33/h1-28,35,39H. The van der Waals surface area contributed by atoms with E-state index in [9.17, 15) is 0 Å². The number of nitrogens with zero attached hydrogens (tertiary/aromatic N) is 4. The third kappa shape index (κ3) is 4.32. The molecule has 0 amide bonds. The van der Waals surface area contributed by atoms with Gasteiger partial charge < -0.3 is 4.90 Å². The van der Waals surface area contributed by atoms with Gasteiger partial charge in [0.15, 0.2) is 0 Å². The lowest BCUT2D eigenvalue weighted by Gasteiger charge is -2.28. The van der Waals surface area contributed by atoms with Crippen LogP contribution in [0, 0.1) is 0 Å². The van der Waals surface area contributed by atoms with Gasteiger partial charge in [-0.2, -0.15) is 0 Å². The minimum atomic E-state index is 0.230. The van der Waals surface area contributed by atoms with Crippen molar-refractivity contribution in [3.05, 3.63) is 175 Å². The van der Waals surface area contributed by atoms with Crippen molar-refractivity contribution in [1.82, 2.24) is 14.5 Å². The van der Waals surface area contributed by atoms with Gasteiger partial charge in [0.1, 0.15) is 0 Å². The predicted molar refractivity (Wildman–Crippen MR) is 214 cm³/mol. The fourth-order valence-electron chi connectivity index (χ4n) is 8.37. The van der Waals surface area contributed by atoms with E-state index in [1.807, 2.05) is 0 Å². The van der Waals surface area contributed by atoms with Crippen LogP contribution in [-0.4, -0.2) is 20.6 Å². The molecule has 0 saturated carbocycles. The van der Waals surface area contributed by atoms with Crippen LogP contribution in [0.4, 0.5) is 11.4 Å². The van der Waals surface area contributed by atoms with Crippen LogP contribution >= 0.6 is 11.3 Å². The molecule has 5 heteroatoms. The molecule has 0 saturated heterocycles. The van der Waals surface area contributed by atoms with Crippen molar-refractivity contribution in [1.29, 1.82) is 0 Å². The van der Waals surface area contributed by atoms with Crippen molar-refractivity contribution >= 4 is 65.5 Å². The Hall–Kier alpha value is -6.30. The summed E-state index contributed by atoms with van der Waals surface area (Å²) in [4.78, 5) is 13.0. The summed E-state index contributed by atoms with van der Waals surface area (Å²) in [5.74, 6) is 0.938. The third-order valence-electron chi connectivity index (χ3n) is 10.6. The van der Waals surface area contributed by atoms with Crippen molar-refractivity contribution < 1.29 is 0 Å². The second-order valence-electron chi connectivity index (χ2n) is 13.4. The Bertz CT molecular complexity index is 2880. The second kappa shape index (κ2) is 11.1. The maximum atomic E-state index is 5.32. The lowest BCUT2D eigenvalue weighted by Crippen LogP contribution is -2.28. The molecule has 2 atom stereocenters. The molecule has 3 aromatic heterocycles. The molecule has 0 N–H and O–H groups in total. The zero-order chi connectivity index (χ0) is 33.5. The number of hydrogen-bond donors (Lipinski definition) is 0. The molecular formula is C46H30N4S. The first-order chi connectivity index (χ1) is 25.3. The van der Waals surface area contributed by atoms with Gasteiger partial charge in [0, 0.05) is 33.6 Å². The number of benzene rings is 6. The number of para-hydroxylation sites is 1. The number of fused-ring (bicyclic) bond motifs is 8. The summed E-state index contributed by atoms with van der Waals surface area (Å²) in [6, 6.07) is 50.6. The minimum Gasteiger partial charge on any atom is -0.333 e. The molecule has 11 rings (SSSR count). The lowest BCUT2D eigenvalue weighted by molar-refractivity contribution is 0.745. The average molecular weight is 671 g/mol. The Labute approximate surface area is 298 Å². The monoisotopic (exact) mass is 670 g/mol. The first-order valence-electron chi connectivity index (χ1n) is 17.4. The van der Waals surface area contributed by atoms with Crippen LogP contribution in [0.3, 0.4) is 0 Å². The molecule has 9 aromatic rings. The average Bonchev–Trinajstić information content (AvgIpc) is 3.89. The molecule has 0 spiro atoms. The fraction of sp³-hybridized carbons (Fsp3) is 0.0435. The molecule has 51 heavy (non-hydrogen) atoms. The third-order valence-corrected chi connectivity index (χ3v) is 11.5. The Morgan fingerprint density at radius 1 is 0.588 bits per heavy atom. The molecule has 2 unspecified atom stereocenters. The van der Waals surface area contributed by atoms with E-state index in [2.05, 4.69) is 179 Å². The Morgan fingerprint density at radius 3 is 2.22 bits per heavy atom. The normalized spacial score (nSPS) is 16.4. The number of hydrogen-bond acceptors (Lipinski definition) is 4. The SMILES string of the molecule is C1=CC2c3c(-c4ccc5c(c4)c4cc6ccccc6cc4n5-c4nc(-c5ccccc5)c5sccc5n4)cccc3N(c3ccccc3)C2C=C1. The molecule has 6 aromatic carbocycles. The minimum absolute atomic E-state index is 0.230. The Kier molecular flexibility index (Phi) is 6.21. The molecule has 0 radical (unpaired) electrons. The van der Waals surface area contributed by atoms with E-state index in [0.29, 0.717) is 5.95 Å². The molecule has 4 nitrogen and oxygen atoms in total. The van der Waals surface area contributed by atoms with Crippen LogP contribution in [0.25, 0.3) is 71.1 Å². The van der Waals surface area contributed by atoms with E-state index in [1.165, 1.54) is 49.6 Å². The fourth-order valence-corrected chi connectivity index (χ4v) is 9.21. The zero-order valence-electron chi connectivity index (χ0n) is 27.5. The molecule has 1 aliphatic carbocycles. The van der Waals surface area contributed by atoms with Gasteiger partial charge in [-0.1, -0.05) is 115 Å². The molecule has 0 bridgehead atoms. The van der Waals surface area contributed by atoms with Gasteiger partial charge in [0.25, 0.3) is 0 Å². The first kappa shape index (κ1) is 28.5. The topological polar surface area (TPSA) is 34.0 Å². The van der Waals surface area contributed by atoms with E-state index in [0.717, 1.165) is 32.5 Å². The molecular weight excluding hydrogens is 641 g/mol. The summed E-state index contributed by atoms with van der Waals surface area (Å²) in [6.45, 7) is 0. The van der Waals surface area contributed by atoms with E-state index in [4.69, 9.17) is 9.97 Å². The van der Waals surface area contributed by atoms with Gasteiger partial charge in [-0.3, -0.25) is 4.57 Å². The summed E-state index contributed by atoms with van der Waals surface area (Å²) in [6.07, 6.45) is 9.10. The zero-order valence-corrected chi connectivity index (χ0v) is 28.3. The van der Waals surface area contributed by atoms with E-state index >= 15 is 0 Å². The van der Waals surface area contributed by atoms with Crippen molar-refractivity contribution in [2.45, 2.75) is 12.0 Å². The van der Waals surface area contributed by atoms with Gasteiger partial charge in [-0.25, -0.2) is 9.97 Å². The Morgan fingerprint density at radius 2 is 1.35 bits per heavy atom. The molecule has 1 aliphatic heterocycles. The number of allylic oxidation sites excluding steroid dienone is 2. The second-order valence-corrected chi connectivity index (χ2v) is 14.3. The van der Waals surface area contributed by atoms with Gasteiger partial charge in [0.05, 0.1) is 33.0 Å². The lowest BCUT2D eigenvalue weighted by atomic mass is 9.86. The predicted octanol–water partition coefficient (Wildman–Crippen LogP) is 12.0. The van der Waals surface area contributed by atoms with Crippen LogP contribution in [0.1, 0.15) is 11.5 Å². The highest BCUT2D eigenvalue weighted by Crippen LogP contribution is 2.51. The van der Waals surface area contributed by atoms with Gasteiger partial charge in [-0.05, 0) is 81.4 Å². The maximum Gasteiger partial charge on any atom is 0.235 e. The number of rotatable bonds is 4. The van der Waals surface area contributed by atoms with Crippen molar-refractivity contribution in [3.63, 3.8) is 0 Å². The molecule has 0 fully saturated rings. The summed E-state index contributed by atoms with van der Waals surface area (Å²) < 4.78 is 3.37. The highest BCUT2D eigenvalue weighted by Gasteiger charge is 2.39. The van der Waals surface area contributed by atoms with Crippen LogP contribution in [0.2, 0.25) is 0 Å². The molecule has 4 heterocycles. The Balaban J connectivity index is 1.17. The highest BCUT2D eigenvalue weighted by atomic mass is 32.1. The van der Waals surface area contributed by atoms with Crippen LogP contribution in [0.5, 0.6) is 0 Å². The van der Waals surface area contributed by atoms with E-state index in [1.54, 1.807) is 11.3 Å².